The van der Waals surface area contributed by atoms with E-state index in [0.29, 0.717) is 38.7 Å². The van der Waals surface area contributed by atoms with Crippen molar-refractivity contribution in [1.82, 2.24) is 15.1 Å². The van der Waals surface area contributed by atoms with E-state index in [1.807, 2.05) is 4.90 Å². The van der Waals surface area contributed by atoms with Gasteiger partial charge in [0.2, 0.25) is 0 Å². The van der Waals surface area contributed by atoms with Gasteiger partial charge in [-0.15, -0.1) is 0 Å². The van der Waals surface area contributed by atoms with Crippen LogP contribution >= 0.6 is 0 Å². The Labute approximate surface area is 162 Å². The molecule has 1 aliphatic rings. The Morgan fingerprint density at radius 2 is 1.86 bits per heavy atom. The van der Waals surface area contributed by atoms with Crippen molar-refractivity contribution >= 4 is 12.1 Å². The molecule has 0 aliphatic carbocycles. The van der Waals surface area contributed by atoms with Gasteiger partial charge in [0, 0.05) is 39.8 Å². The molecule has 0 radical (unpaired) electrons. The van der Waals surface area contributed by atoms with E-state index in [-0.39, 0.29) is 24.0 Å². The molecule has 10 heteroatoms. The highest BCUT2D eigenvalue weighted by atomic mass is 19.4. The fraction of sp³-hybridized carbons (Fsp3) is 0.556. The van der Waals surface area contributed by atoms with Crippen molar-refractivity contribution in [2.75, 3.05) is 46.9 Å². The van der Waals surface area contributed by atoms with Gasteiger partial charge in [0.1, 0.15) is 5.75 Å². The second kappa shape index (κ2) is 9.52. The fourth-order valence-electron chi connectivity index (χ4n) is 2.92. The van der Waals surface area contributed by atoms with Gasteiger partial charge in [0.25, 0.3) is 0 Å². The lowest BCUT2D eigenvalue weighted by molar-refractivity contribution is -0.138. The van der Waals surface area contributed by atoms with Crippen molar-refractivity contribution in [1.29, 1.82) is 0 Å². The van der Waals surface area contributed by atoms with Crippen molar-refractivity contribution < 1.29 is 27.4 Å². The van der Waals surface area contributed by atoms with E-state index >= 15 is 0 Å². The van der Waals surface area contributed by atoms with E-state index in [1.165, 1.54) is 19.2 Å². The monoisotopic (exact) mass is 402 g/mol. The van der Waals surface area contributed by atoms with E-state index in [2.05, 4.69) is 10.3 Å². The lowest BCUT2D eigenvalue weighted by Crippen LogP contribution is -2.53. The third-order valence-corrected chi connectivity index (χ3v) is 4.38. The summed E-state index contributed by atoms with van der Waals surface area (Å²) in [5.41, 5.74) is -0.651. The molecule has 28 heavy (non-hydrogen) atoms. The molecule has 1 amide bonds. The number of aliphatic imine (C=N–C) groups is 1. The van der Waals surface area contributed by atoms with Crippen LogP contribution in [0.3, 0.4) is 0 Å². The highest BCUT2D eigenvalue weighted by Crippen LogP contribution is 2.34. The molecule has 1 fully saturated rings. The van der Waals surface area contributed by atoms with Crippen molar-refractivity contribution in [3.8, 4) is 5.75 Å². The quantitative estimate of drug-likeness (QED) is 0.620. The van der Waals surface area contributed by atoms with E-state index in [9.17, 15) is 18.0 Å². The van der Waals surface area contributed by atoms with Crippen LogP contribution in [0, 0.1) is 0 Å². The number of carbonyl (C=O) groups is 1. The molecular weight excluding hydrogens is 377 g/mol. The van der Waals surface area contributed by atoms with Crippen LogP contribution in [0.1, 0.15) is 18.1 Å². The van der Waals surface area contributed by atoms with Crippen LogP contribution in [-0.2, 0) is 17.5 Å². The summed E-state index contributed by atoms with van der Waals surface area (Å²) >= 11 is 0. The lowest BCUT2D eigenvalue weighted by atomic mass is 10.1. The van der Waals surface area contributed by atoms with Gasteiger partial charge in [-0.05, 0) is 24.6 Å². The van der Waals surface area contributed by atoms with Gasteiger partial charge in [0.15, 0.2) is 5.96 Å². The first-order valence-corrected chi connectivity index (χ1v) is 8.91. The molecule has 1 aromatic carbocycles. The number of alkyl halides is 3. The minimum atomic E-state index is -4.49. The number of amides is 1. The Morgan fingerprint density at radius 1 is 1.21 bits per heavy atom. The van der Waals surface area contributed by atoms with Crippen LogP contribution in [0.25, 0.3) is 0 Å². The zero-order valence-corrected chi connectivity index (χ0v) is 16.2. The molecule has 0 spiro atoms. The Bertz CT molecular complexity index is 702. The Hall–Kier alpha value is -2.65. The summed E-state index contributed by atoms with van der Waals surface area (Å²) < 4.78 is 49.9. The number of benzene rings is 1. The predicted octanol–water partition coefficient (Wildman–Crippen LogP) is 2.56. The van der Waals surface area contributed by atoms with Gasteiger partial charge in [-0.25, -0.2) is 4.79 Å². The molecule has 1 saturated heterocycles. The summed E-state index contributed by atoms with van der Waals surface area (Å²) in [4.78, 5) is 19.4. The molecule has 0 saturated carbocycles. The molecule has 7 nitrogen and oxygen atoms in total. The van der Waals surface area contributed by atoms with Crippen LogP contribution in [-0.4, -0.2) is 68.8 Å². The Morgan fingerprint density at radius 3 is 2.39 bits per heavy atom. The van der Waals surface area contributed by atoms with Crippen LogP contribution in [0.2, 0.25) is 0 Å². The van der Waals surface area contributed by atoms with Gasteiger partial charge in [-0.2, -0.15) is 13.2 Å². The second-order valence-corrected chi connectivity index (χ2v) is 6.09. The highest BCUT2D eigenvalue weighted by molar-refractivity contribution is 5.80. The summed E-state index contributed by atoms with van der Waals surface area (Å²) in [6, 6.07) is 3.87. The molecule has 1 heterocycles. The van der Waals surface area contributed by atoms with Gasteiger partial charge in [-0.1, -0.05) is 6.07 Å². The number of hydrogen-bond donors (Lipinski definition) is 1. The number of nitrogens with one attached hydrogen (secondary N) is 1. The smallest absolute Gasteiger partial charge is 0.416 e. The van der Waals surface area contributed by atoms with Gasteiger partial charge >= 0.3 is 12.3 Å². The standard InChI is InChI=1S/C18H25F3N4O3/c1-4-28-17(26)25-9-7-24(8-10-25)16(22-2)23-12-13-5-6-14(27-3)11-15(13)18(19,20)21/h5-6,11H,4,7-10,12H2,1-3H3,(H,22,23). The third-order valence-electron chi connectivity index (χ3n) is 4.38. The zero-order valence-electron chi connectivity index (χ0n) is 16.2. The van der Waals surface area contributed by atoms with Crippen molar-refractivity contribution in [3.05, 3.63) is 29.3 Å². The van der Waals surface area contributed by atoms with E-state index < -0.39 is 11.7 Å². The van der Waals surface area contributed by atoms with Crippen molar-refractivity contribution in [2.45, 2.75) is 19.6 Å². The number of nitrogens with zero attached hydrogens (tertiary/aromatic N) is 3. The maximum absolute atomic E-state index is 13.3. The maximum Gasteiger partial charge on any atom is 0.416 e. The molecule has 0 aromatic heterocycles. The largest absolute Gasteiger partial charge is 0.497 e. The summed E-state index contributed by atoms with van der Waals surface area (Å²) in [7, 11) is 2.89. The lowest BCUT2D eigenvalue weighted by Gasteiger charge is -2.36. The molecule has 1 N–H and O–H groups in total. The van der Waals surface area contributed by atoms with Gasteiger partial charge < -0.3 is 24.6 Å². The number of halogens is 3. The first-order chi connectivity index (χ1) is 13.3. The number of carbonyl (C=O) groups excluding carboxylic acids is 1. The summed E-state index contributed by atoms with van der Waals surface area (Å²) in [5.74, 6) is 0.628. The van der Waals surface area contributed by atoms with E-state index in [4.69, 9.17) is 9.47 Å². The molecule has 156 valence electrons. The molecule has 0 bridgehead atoms. The van der Waals surface area contributed by atoms with E-state index in [1.54, 1.807) is 18.9 Å². The number of rotatable bonds is 4. The topological polar surface area (TPSA) is 66.4 Å². The third kappa shape index (κ3) is 5.43. The summed E-state index contributed by atoms with van der Waals surface area (Å²) in [5, 5.41) is 2.98. The number of piperazine rings is 1. The SMILES string of the molecule is CCOC(=O)N1CCN(C(=NC)NCc2ccc(OC)cc2C(F)(F)F)CC1. The van der Waals surface area contributed by atoms with Gasteiger partial charge in [-0.3, -0.25) is 4.99 Å². The van der Waals surface area contributed by atoms with Crippen molar-refractivity contribution in [2.24, 2.45) is 4.99 Å². The fourth-order valence-corrected chi connectivity index (χ4v) is 2.92. The normalized spacial score (nSPS) is 15.4. The number of hydrogen-bond acceptors (Lipinski definition) is 4. The summed E-state index contributed by atoms with van der Waals surface area (Å²) in [6.07, 6.45) is -4.85. The molecule has 1 aliphatic heterocycles. The Kier molecular flexibility index (Phi) is 7.36. The van der Waals surface area contributed by atoms with Crippen LogP contribution < -0.4 is 10.1 Å². The first-order valence-electron chi connectivity index (χ1n) is 8.91. The minimum Gasteiger partial charge on any atom is -0.497 e. The van der Waals surface area contributed by atoms with Gasteiger partial charge in [0.05, 0.1) is 19.3 Å². The van der Waals surface area contributed by atoms with Crippen LogP contribution in [0.4, 0.5) is 18.0 Å². The minimum absolute atomic E-state index is 0.0381. The average molecular weight is 402 g/mol. The number of guanidine groups is 1. The van der Waals surface area contributed by atoms with Crippen molar-refractivity contribution in [3.63, 3.8) is 0 Å². The number of methoxy groups -OCH3 is 1. The molecule has 1 aromatic rings. The molecular formula is C18H25F3N4O3. The average Bonchev–Trinajstić information content (AvgIpc) is 2.68. The van der Waals surface area contributed by atoms with Crippen LogP contribution in [0.15, 0.2) is 23.2 Å². The highest BCUT2D eigenvalue weighted by Gasteiger charge is 2.34. The predicted molar refractivity (Wildman–Crippen MR) is 98.4 cm³/mol. The summed E-state index contributed by atoms with van der Waals surface area (Å²) in [6.45, 7) is 3.94. The van der Waals surface area contributed by atoms with E-state index in [0.717, 1.165) is 6.07 Å². The maximum atomic E-state index is 13.3. The molecule has 0 atom stereocenters. The second-order valence-electron chi connectivity index (χ2n) is 6.09. The Balaban J connectivity index is 2.01. The first kappa shape index (κ1) is 21.6. The zero-order chi connectivity index (χ0) is 20.7. The molecule has 0 unspecified atom stereocenters. The molecule has 2 rings (SSSR count). The van der Waals surface area contributed by atoms with Crippen LogP contribution in [0.5, 0.6) is 5.75 Å². The number of ether oxygens (including phenoxy) is 2.